The monoisotopic (exact) mass is 328 g/mol. The van der Waals surface area contributed by atoms with Gasteiger partial charge in [-0.1, -0.05) is 18.2 Å². The zero-order valence-corrected chi connectivity index (χ0v) is 14.1. The molecule has 1 N–H and O–H groups in total. The zero-order valence-electron chi connectivity index (χ0n) is 13.3. The second-order valence-corrected chi connectivity index (χ2v) is 7.46. The Morgan fingerprint density at radius 2 is 1.74 bits per heavy atom. The molecule has 0 amide bonds. The summed E-state index contributed by atoms with van der Waals surface area (Å²) in [6, 6.07) is 16.0. The molecule has 1 aliphatic heterocycles. The van der Waals surface area contributed by atoms with Gasteiger partial charge in [0.15, 0.2) is 0 Å². The smallest absolute Gasteiger partial charge is 0.309 e. The van der Waals surface area contributed by atoms with Gasteiger partial charge < -0.3 is 9.52 Å². The fraction of sp³-hybridized carbons (Fsp3) is 0.316. The molecule has 120 valence electrons. The Morgan fingerprint density at radius 3 is 2.26 bits per heavy atom. The number of furan rings is 2. The van der Waals surface area contributed by atoms with Gasteiger partial charge in [-0.05, 0) is 61.9 Å². The summed E-state index contributed by atoms with van der Waals surface area (Å²) < 4.78 is 5.08. The molecule has 0 fully saturated rings. The molecule has 23 heavy (non-hydrogen) atoms. The molecule has 1 aliphatic rings. The number of rotatable bonds is 2. The summed E-state index contributed by atoms with van der Waals surface area (Å²) in [4.78, 5) is 12.6. The highest BCUT2D eigenvalue weighted by Gasteiger charge is 2.39. The number of thioether (sulfide) groups is 1. The third kappa shape index (κ3) is 3.22. The van der Waals surface area contributed by atoms with Gasteiger partial charge in [0, 0.05) is 10.8 Å². The van der Waals surface area contributed by atoms with Gasteiger partial charge in [-0.25, -0.2) is 0 Å². The molecule has 4 rings (SSSR count). The molecule has 0 saturated heterocycles. The van der Waals surface area contributed by atoms with Gasteiger partial charge >= 0.3 is 5.97 Å². The lowest BCUT2D eigenvalue weighted by Gasteiger charge is -2.34. The standard InChI is InChI=1S/C13H16O2S.C6H4O/c1-13(2,12(14)15)10-7-8-16-11-6-4-3-5-9(10)11;1-2-6-4-3-5(1)7-6/h3-6,10H,7-8H2,1-2H3,(H,14,15);1-4H. The molecule has 4 heteroatoms. The molecule has 1 atom stereocenters. The molecule has 1 unspecified atom stereocenters. The van der Waals surface area contributed by atoms with Gasteiger partial charge in [-0.3, -0.25) is 4.79 Å². The van der Waals surface area contributed by atoms with Gasteiger partial charge in [0.05, 0.1) is 5.41 Å². The molecule has 3 heterocycles. The van der Waals surface area contributed by atoms with E-state index in [1.165, 1.54) is 10.5 Å². The van der Waals surface area contributed by atoms with E-state index in [1.54, 1.807) is 0 Å². The highest BCUT2D eigenvalue weighted by atomic mass is 32.2. The first kappa shape index (κ1) is 15.9. The van der Waals surface area contributed by atoms with Crippen LogP contribution in [0.4, 0.5) is 0 Å². The molecule has 3 nitrogen and oxygen atoms in total. The first-order chi connectivity index (χ1) is 11.0. The van der Waals surface area contributed by atoms with Crippen molar-refractivity contribution in [3.63, 3.8) is 0 Å². The van der Waals surface area contributed by atoms with Crippen LogP contribution in [0, 0.1) is 5.41 Å². The maximum absolute atomic E-state index is 11.3. The maximum atomic E-state index is 11.3. The van der Waals surface area contributed by atoms with Crippen molar-refractivity contribution >= 4 is 28.9 Å². The minimum atomic E-state index is -0.709. The van der Waals surface area contributed by atoms with E-state index in [2.05, 4.69) is 12.1 Å². The molecular formula is C19H20O3S. The Hall–Kier alpha value is -1.94. The van der Waals surface area contributed by atoms with Crippen LogP contribution < -0.4 is 0 Å². The van der Waals surface area contributed by atoms with Crippen molar-refractivity contribution in [2.75, 3.05) is 5.75 Å². The largest absolute Gasteiger partial charge is 0.481 e. The van der Waals surface area contributed by atoms with Gasteiger partial charge in [0.1, 0.15) is 11.2 Å². The van der Waals surface area contributed by atoms with Crippen LogP contribution in [-0.4, -0.2) is 16.8 Å². The van der Waals surface area contributed by atoms with Crippen molar-refractivity contribution in [1.82, 2.24) is 0 Å². The van der Waals surface area contributed by atoms with Crippen LogP contribution in [-0.2, 0) is 4.79 Å². The fourth-order valence-corrected chi connectivity index (χ4v) is 4.08. The lowest BCUT2D eigenvalue weighted by atomic mass is 9.73. The van der Waals surface area contributed by atoms with Crippen LogP contribution in [0.15, 0.2) is 57.8 Å². The van der Waals surface area contributed by atoms with Crippen molar-refractivity contribution in [2.45, 2.75) is 31.1 Å². The van der Waals surface area contributed by atoms with Gasteiger partial charge in [0.25, 0.3) is 0 Å². The van der Waals surface area contributed by atoms with Gasteiger partial charge in [0.2, 0.25) is 0 Å². The SMILES string of the molecule is CC(C)(C(=O)O)C1CCSc2ccccc21.c1cc2ccc1o2. The van der Waals surface area contributed by atoms with Crippen LogP contribution in [0.1, 0.15) is 31.7 Å². The van der Waals surface area contributed by atoms with E-state index in [4.69, 9.17) is 4.42 Å². The zero-order chi connectivity index (χ0) is 16.4. The quantitative estimate of drug-likeness (QED) is 0.698. The number of carboxylic acids is 1. The summed E-state index contributed by atoms with van der Waals surface area (Å²) in [6.45, 7) is 3.65. The predicted molar refractivity (Wildman–Crippen MR) is 93.3 cm³/mol. The third-order valence-electron chi connectivity index (χ3n) is 4.44. The second-order valence-electron chi connectivity index (χ2n) is 6.33. The Kier molecular flexibility index (Phi) is 4.35. The maximum Gasteiger partial charge on any atom is 0.309 e. The molecule has 3 aromatic rings. The van der Waals surface area contributed by atoms with Crippen molar-refractivity contribution < 1.29 is 14.3 Å². The summed E-state index contributed by atoms with van der Waals surface area (Å²) in [5, 5.41) is 9.31. The number of hydrogen-bond donors (Lipinski definition) is 1. The van der Waals surface area contributed by atoms with E-state index >= 15 is 0 Å². The number of benzene rings is 2. The number of carbonyl (C=O) groups is 1. The average molecular weight is 328 g/mol. The normalized spacial score (nSPS) is 17.4. The summed E-state index contributed by atoms with van der Waals surface area (Å²) in [6.07, 6.45) is 0.945. The molecule has 0 aliphatic carbocycles. The molecule has 1 aromatic carbocycles. The summed E-state index contributed by atoms with van der Waals surface area (Å²) >= 11 is 1.83. The van der Waals surface area contributed by atoms with E-state index in [-0.39, 0.29) is 5.92 Å². The second kappa shape index (κ2) is 6.28. The van der Waals surface area contributed by atoms with E-state index in [1.807, 2.05) is 62.0 Å². The lowest BCUT2D eigenvalue weighted by Crippen LogP contribution is -2.33. The topological polar surface area (TPSA) is 50.4 Å². The Labute approximate surface area is 140 Å². The summed E-state index contributed by atoms with van der Waals surface area (Å²) in [5.74, 6) is 0.430. The van der Waals surface area contributed by atoms with E-state index in [0.29, 0.717) is 0 Å². The van der Waals surface area contributed by atoms with Crippen LogP contribution in [0.5, 0.6) is 0 Å². The van der Waals surface area contributed by atoms with E-state index < -0.39 is 11.4 Å². The van der Waals surface area contributed by atoms with Gasteiger partial charge in [-0.2, -0.15) is 0 Å². The third-order valence-corrected chi connectivity index (χ3v) is 5.56. The van der Waals surface area contributed by atoms with Crippen molar-refractivity contribution in [1.29, 1.82) is 0 Å². The Morgan fingerprint density at radius 1 is 1.13 bits per heavy atom. The first-order valence-electron chi connectivity index (χ1n) is 7.71. The molecule has 0 spiro atoms. The Balaban J connectivity index is 0.000000183. The minimum Gasteiger partial charge on any atom is -0.481 e. The summed E-state index contributed by atoms with van der Waals surface area (Å²) in [5.41, 5.74) is 2.45. The minimum absolute atomic E-state index is 0.127. The summed E-state index contributed by atoms with van der Waals surface area (Å²) in [7, 11) is 0. The fourth-order valence-electron chi connectivity index (χ4n) is 2.95. The number of aliphatic carboxylic acids is 1. The highest BCUT2D eigenvalue weighted by molar-refractivity contribution is 7.99. The van der Waals surface area contributed by atoms with Crippen LogP contribution >= 0.6 is 11.8 Å². The van der Waals surface area contributed by atoms with E-state index in [0.717, 1.165) is 23.3 Å². The Bertz CT molecular complexity index is 745. The average Bonchev–Trinajstić information content (AvgIpc) is 3.20. The highest BCUT2D eigenvalue weighted by Crippen LogP contribution is 2.46. The molecule has 0 radical (unpaired) electrons. The number of carboxylic acid groups (broad SMARTS) is 1. The van der Waals surface area contributed by atoms with Crippen molar-refractivity contribution in [3.05, 3.63) is 54.1 Å². The number of hydrogen-bond acceptors (Lipinski definition) is 3. The number of fused-ring (bicyclic) bond motifs is 3. The first-order valence-corrected chi connectivity index (χ1v) is 8.70. The van der Waals surface area contributed by atoms with Gasteiger partial charge in [-0.15, -0.1) is 11.8 Å². The van der Waals surface area contributed by atoms with Crippen LogP contribution in [0.2, 0.25) is 0 Å². The van der Waals surface area contributed by atoms with E-state index in [9.17, 15) is 9.90 Å². The van der Waals surface area contributed by atoms with Crippen molar-refractivity contribution in [3.8, 4) is 0 Å². The van der Waals surface area contributed by atoms with Crippen LogP contribution in [0.3, 0.4) is 0 Å². The van der Waals surface area contributed by atoms with Crippen molar-refractivity contribution in [2.24, 2.45) is 5.41 Å². The lowest BCUT2D eigenvalue weighted by molar-refractivity contribution is -0.148. The predicted octanol–water partition coefficient (Wildman–Crippen LogP) is 5.25. The molecule has 2 aromatic heterocycles. The molecular weight excluding hydrogens is 308 g/mol. The van der Waals surface area contributed by atoms with Crippen LogP contribution in [0.25, 0.3) is 11.2 Å². The molecule has 2 bridgehead atoms. The molecule has 0 saturated carbocycles.